The molecule has 1 aliphatic rings. The molecule has 0 amide bonds. The van der Waals surface area contributed by atoms with Crippen LogP contribution in [0.15, 0.2) is 17.8 Å². The number of hydrogen-bond acceptors (Lipinski definition) is 6. The van der Waals surface area contributed by atoms with Crippen molar-refractivity contribution in [1.29, 1.82) is 0 Å². The smallest absolute Gasteiger partial charge is 0.147 e. The summed E-state index contributed by atoms with van der Waals surface area (Å²) in [6.07, 6.45) is 3.62. The van der Waals surface area contributed by atoms with Gasteiger partial charge in [0.1, 0.15) is 28.6 Å². The van der Waals surface area contributed by atoms with Crippen molar-refractivity contribution in [3.05, 3.63) is 29.4 Å². The zero-order valence-electron chi connectivity index (χ0n) is 11.1. The highest BCUT2D eigenvalue weighted by molar-refractivity contribution is 7.16. The van der Waals surface area contributed by atoms with Crippen molar-refractivity contribution in [2.24, 2.45) is 0 Å². The second-order valence-corrected chi connectivity index (χ2v) is 5.89. The first-order valence-corrected chi connectivity index (χ1v) is 7.52. The summed E-state index contributed by atoms with van der Waals surface area (Å²) in [6.45, 7) is 2.78. The summed E-state index contributed by atoms with van der Waals surface area (Å²) < 4.78 is 2.00. The van der Waals surface area contributed by atoms with Gasteiger partial charge in [0.15, 0.2) is 0 Å². The van der Waals surface area contributed by atoms with Crippen molar-refractivity contribution in [3.8, 4) is 0 Å². The molecule has 4 rings (SSSR count). The van der Waals surface area contributed by atoms with Crippen molar-refractivity contribution in [3.63, 3.8) is 0 Å². The highest BCUT2D eigenvalue weighted by Gasteiger charge is 2.21. The quantitative estimate of drug-likeness (QED) is 0.780. The van der Waals surface area contributed by atoms with E-state index in [9.17, 15) is 0 Å². The van der Waals surface area contributed by atoms with Crippen LogP contribution in [0.1, 0.15) is 18.1 Å². The Kier molecular flexibility index (Phi) is 2.66. The zero-order chi connectivity index (χ0) is 13.5. The minimum Gasteiger partial charge on any atom is -0.365 e. The second-order valence-electron chi connectivity index (χ2n) is 5.00. The highest BCUT2D eigenvalue weighted by atomic mass is 32.1. The van der Waals surface area contributed by atoms with Gasteiger partial charge in [-0.1, -0.05) is 0 Å². The lowest BCUT2D eigenvalue weighted by atomic mass is 10.1. The van der Waals surface area contributed by atoms with Crippen LogP contribution in [-0.4, -0.2) is 30.8 Å². The van der Waals surface area contributed by atoms with Crippen LogP contribution in [0.4, 0.5) is 5.82 Å². The lowest BCUT2D eigenvalue weighted by Gasteiger charge is -2.24. The van der Waals surface area contributed by atoms with Gasteiger partial charge in [-0.25, -0.2) is 19.6 Å². The fourth-order valence-corrected chi connectivity index (χ4v) is 3.38. The van der Waals surface area contributed by atoms with Gasteiger partial charge < -0.3 is 5.32 Å². The minimum absolute atomic E-state index is 0.335. The second kappa shape index (κ2) is 4.52. The van der Waals surface area contributed by atoms with Crippen molar-refractivity contribution in [1.82, 2.24) is 24.7 Å². The van der Waals surface area contributed by atoms with Crippen LogP contribution in [0.5, 0.6) is 0 Å². The Hall–Kier alpha value is -2.02. The van der Waals surface area contributed by atoms with E-state index >= 15 is 0 Å². The summed E-state index contributed by atoms with van der Waals surface area (Å²) in [7, 11) is 0. The molecule has 1 aliphatic heterocycles. The molecule has 6 nitrogen and oxygen atoms in total. The van der Waals surface area contributed by atoms with Gasteiger partial charge in [-0.3, -0.25) is 0 Å². The molecule has 1 N–H and O–H groups in total. The van der Waals surface area contributed by atoms with Crippen LogP contribution >= 0.6 is 11.3 Å². The molecule has 0 saturated carbocycles. The van der Waals surface area contributed by atoms with E-state index in [0.29, 0.717) is 6.04 Å². The molecule has 1 atom stereocenters. The SMILES string of the molecule is Cc1nc2n(n1)C[C@@H](Nc1ncnc3sccc13)CC2. The van der Waals surface area contributed by atoms with Crippen molar-refractivity contribution in [2.45, 2.75) is 32.4 Å². The molecule has 20 heavy (non-hydrogen) atoms. The molecular formula is C13H14N6S. The molecule has 0 aliphatic carbocycles. The van der Waals surface area contributed by atoms with E-state index in [1.54, 1.807) is 17.7 Å². The number of aromatic nitrogens is 5. The monoisotopic (exact) mass is 286 g/mol. The number of fused-ring (bicyclic) bond motifs is 2. The maximum atomic E-state index is 4.43. The first kappa shape index (κ1) is 11.8. The van der Waals surface area contributed by atoms with Crippen molar-refractivity contribution >= 4 is 27.4 Å². The van der Waals surface area contributed by atoms with E-state index in [-0.39, 0.29) is 0 Å². The largest absolute Gasteiger partial charge is 0.365 e. The predicted octanol–water partition coefficient (Wildman–Crippen LogP) is 2.02. The fraction of sp³-hybridized carbons (Fsp3) is 0.385. The first-order valence-electron chi connectivity index (χ1n) is 6.64. The average molecular weight is 286 g/mol. The van der Waals surface area contributed by atoms with E-state index < -0.39 is 0 Å². The lowest BCUT2D eigenvalue weighted by molar-refractivity contribution is 0.440. The molecule has 0 radical (unpaired) electrons. The maximum Gasteiger partial charge on any atom is 0.147 e. The van der Waals surface area contributed by atoms with Crippen LogP contribution in [0.25, 0.3) is 10.2 Å². The third-order valence-corrected chi connectivity index (χ3v) is 4.39. The highest BCUT2D eigenvalue weighted by Crippen LogP contribution is 2.25. The van der Waals surface area contributed by atoms with Gasteiger partial charge in [0.2, 0.25) is 0 Å². The molecule has 0 aromatic carbocycles. The van der Waals surface area contributed by atoms with E-state index in [4.69, 9.17) is 0 Å². The number of anilines is 1. The van der Waals surface area contributed by atoms with E-state index in [0.717, 1.165) is 47.1 Å². The number of aryl methyl sites for hydroxylation is 2. The van der Waals surface area contributed by atoms with Gasteiger partial charge in [0, 0.05) is 12.5 Å². The van der Waals surface area contributed by atoms with Gasteiger partial charge in [-0.2, -0.15) is 5.10 Å². The molecule has 102 valence electrons. The predicted molar refractivity (Wildman–Crippen MR) is 77.9 cm³/mol. The molecule has 3 aromatic heterocycles. The van der Waals surface area contributed by atoms with Crippen LogP contribution in [-0.2, 0) is 13.0 Å². The molecular weight excluding hydrogens is 272 g/mol. The van der Waals surface area contributed by atoms with Crippen LogP contribution in [0, 0.1) is 6.92 Å². The Bertz CT molecular complexity index is 761. The van der Waals surface area contributed by atoms with E-state index in [2.05, 4.69) is 31.4 Å². The van der Waals surface area contributed by atoms with E-state index in [1.165, 1.54) is 0 Å². The summed E-state index contributed by atoms with van der Waals surface area (Å²) in [6, 6.07) is 2.40. The molecule has 0 spiro atoms. The fourth-order valence-electron chi connectivity index (χ4n) is 2.65. The molecule has 0 bridgehead atoms. The van der Waals surface area contributed by atoms with Gasteiger partial charge in [-0.05, 0) is 24.8 Å². The number of nitrogens with zero attached hydrogens (tertiary/aromatic N) is 5. The zero-order valence-corrected chi connectivity index (χ0v) is 11.9. The number of thiophene rings is 1. The Morgan fingerprint density at radius 2 is 2.35 bits per heavy atom. The molecule has 0 saturated heterocycles. The van der Waals surface area contributed by atoms with Crippen molar-refractivity contribution in [2.75, 3.05) is 5.32 Å². The third kappa shape index (κ3) is 1.94. The van der Waals surface area contributed by atoms with Crippen molar-refractivity contribution < 1.29 is 0 Å². The molecule has 0 fully saturated rings. The Morgan fingerprint density at radius 1 is 1.40 bits per heavy atom. The third-order valence-electron chi connectivity index (χ3n) is 3.57. The summed E-state index contributed by atoms with van der Waals surface area (Å²) >= 11 is 1.64. The molecule has 3 aromatic rings. The summed E-state index contributed by atoms with van der Waals surface area (Å²) in [5.74, 6) is 2.85. The Labute approximate surface area is 119 Å². The Balaban J connectivity index is 1.60. The summed E-state index contributed by atoms with van der Waals surface area (Å²) in [5, 5.41) is 11.1. The molecule has 4 heterocycles. The number of nitrogens with one attached hydrogen (secondary N) is 1. The lowest BCUT2D eigenvalue weighted by Crippen LogP contribution is -2.32. The average Bonchev–Trinajstić information content (AvgIpc) is 3.03. The number of rotatable bonds is 2. The van der Waals surface area contributed by atoms with Gasteiger partial charge in [-0.15, -0.1) is 11.3 Å². The first-order chi connectivity index (χ1) is 9.79. The topological polar surface area (TPSA) is 68.5 Å². The maximum absolute atomic E-state index is 4.43. The minimum atomic E-state index is 0.335. The molecule has 7 heteroatoms. The van der Waals surface area contributed by atoms with Crippen LogP contribution < -0.4 is 5.32 Å². The molecule has 0 unspecified atom stereocenters. The van der Waals surface area contributed by atoms with Gasteiger partial charge in [0.05, 0.1) is 11.9 Å². The van der Waals surface area contributed by atoms with Crippen LogP contribution in [0.3, 0.4) is 0 Å². The summed E-state index contributed by atoms with van der Waals surface area (Å²) in [5.41, 5.74) is 0. The van der Waals surface area contributed by atoms with Gasteiger partial charge >= 0.3 is 0 Å². The van der Waals surface area contributed by atoms with E-state index in [1.807, 2.05) is 17.0 Å². The Morgan fingerprint density at radius 3 is 3.30 bits per heavy atom. The summed E-state index contributed by atoms with van der Waals surface area (Å²) in [4.78, 5) is 14.1. The normalized spacial score (nSPS) is 18.1. The van der Waals surface area contributed by atoms with Crippen LogP contribution in [0.2, 0.25) is 0 Å². The van der Waals surface area contributed by atoms with Gasteiger partial charge in [0.25, 0.3) is 0 Å². The number of hydrogen-bond donors (Lipinski definition) is 1. The standard InChI is InChI=1S/C13H14N6S/c1-8-16-11-3-2-9(6-19(11)18-8)17-12-10-4-5-20-13(10)15-7-14-12/h4-5,7,9H,2-3,6H2,1H3,(H,14,15,17)/t9-/m0/s1.